The number of nitrogens with zero attached hydrogens (tertiary/aromatic N) is 6. The van der Waals surface area contributed by atoms with Crippen LogP contribution in [-0.4, -0.2) is 63.0 Å². The van der Waals surface area contributed by atoms with E-state index in [-0.39, 0.29) is 18.0 Å². The molecule has 1 saturated carbocycles. The van der Waals surface area contributed by atoms with Gasteiger partial charge in [0.1, 0.15) is 17.8 Å². The lowest BCUT2D eigenvalue weighted by atomic mass is 10.0. The number of ether oxygens (including phenoxy) is 2. The van der Waals surface area contributed by atoms with Gasteiger partial charge in [-0.25, -0.2) is 4.98 Å². The van der Waals surface area contributed by atoms with Crippen molar-refractivity contribution in [3.63, 3.8) is 0 Å². The van der Waals surface area contributed by atoms with E-state index in [4.69, 9.17) is 14.5 Å². The second-order valence-electron chi connectivity index (χ2n) is 9.81. The molecule has 2 atom stereocenters. The summed E-state index contributed by atoms with van der Waals surface area (Å²) in [6, 6.07) is 5.89. The van der Waals surface area contributed by atoms with Gasteiger partial charge in [0.05, 0.1) is 37.7 Å². The van der Waals surface area contributed by atoms with E-state index >= 15 is 0 Å². The second-order valence-corrected chi connectivity index (χ2v) is 9.81. The van der Waals surface area contributed by atoms with Gasteiger partial charge in [0.25, 0.3) is 5.91 Å². The summed E-state index contributed by atoms with van der Waals surface area (Å²) in [5.74, 6) is 2.68. The highest BCUT2D eigenvalue weighted by molar-refractivity contribution is 5.95. The number of amides is 1. The maximum absolute atomic E-state index is 12.7. The molecule has 3 aliphatic rings. The van der Waals surface area contributed by atoms with Gasteiger partial charge in [-0.15, -0.1) is 10.2 Å². The molecule has 2 N–H and O–H groups in total. The van der Waals surface area contributed by atoms with Crippen molar-refractivity contribution >= 4 is 23.4 Å². The summed E-state index contributed by atoms with van der Waals surface area (Å²) >= 11 is 0. The standard InChI is InChI=1S/C26H32N8O3/c1-3-20-24-32-28-15-33(24)21-13-27-26(31-23(21)34(20)18-6-4-5-7-18)30-19-9-8-16(12-22(19)36-2)25(35)29-17-10-11-37-14-17/h8-9,12-13,15,17-18,20H,3-7,10-11,14H2,1-2H3,(H,29,35)(H,27,30,31). The Morgan fingerprint density at radius 1 is 1.24 bits per heavy atom. The molecule has 0 bridgehead atoms. The Morgan fingerprint density at radius 3 is 2.86 bits per heavy atom. The topological polar surface area (TPSA) is 119 Å². The zero-order valence-corrected chi connectivity index (χ0v) is 21.2. The predicted octanol–water partition coefficient (Wildman–Crippen LogP) is 3.54. The fourth-order valence-corrected chi connectivity index (χ4v) is 5.68. The Balaban J connectivity index is 1.30. The quantitative estimate of drug-likeness (QED) is 0.498. The highest BCUT2D eigenvalue weighted by atomic mass is 16.5. The highest BCUT2D eigenvalue weighted by Gasteiger charge is 2.38. The van der Waals surface area contributed by atoms with Gasteiger partial charge in [-0.3, -0.25) is 9.36 Å². The maximum Gasteiger partial charge on any atom is 0.251 e. The van der Waals surface area contributed by atoms with Crippen molar-refractivity contribution in [1.82, 2.24) is 30.0 Å². The molecule has 4 heterocycles. The largest absolute Gasteiger partial charge is 0.495 e. The molecule has 2 aromatic heterocycles. The minimum absolute atomic E-state index is 0.0427. The lowest BCUT2D eigenvalue weighted by Crippen LogP contribution is -2.42. The number of methoxy groups -OCH3 is 1. The Morgan fingerprint density at radius 2 is 2.11 bits per heavy atom. The van der Waals surface area contributed by atoms with Gasteiger partial charge in [-0.1, -0.05) is 19.8 Å². The molecule has 11 nitrogen and oxygen atoms in total. The van der Waals surface area contributed by atoms with Gasteiger partial charge in [0.15, 0.2) is 11.6 Å². The number of aromatic nitrogens is 5. The number of hydrogen-bond acceptors (Lipinski definition) is 9. The zero-order valence-electron chi connectivity index (χ0n) is 21.2. The van der Waals surface area contributed by atoms with Gasteiger partial charge in [0.2, 0.25) is 5.95 Å². The van der Waals surface area contributed by atoms with Crippen LogP contribution in [0.4, 0.5) is 17.5 Å². The number of anilines is 3. The minimum Gasteiger partial charge on any atom is -0.495 e. The van der Waals surface area contributed by atoms with E-state index in [0.717, 1.165) is 43.0 Å². The lowest BCUT2D eigenvalue weighted by molar-refractivity contribution is 0.0929. The Kier molecular flexibility index (Phi) is 6.37. The molecule has 2 fully saturated rings. The van der Waals surface area contributed by atoms with Crippen LogP contribution in [0.1, 0.15) is 67.7 Å². The molecule has 3 aromatic rings. The molecule has 2 unspecified atom stereocenters. The first-order valence-corrected chi connectivity index (χ1v) is 13.1. The fourth-order valence-electron chi connectivity index (χ4n) is 5.68. The predicted molar refractivity (Wildman–Crippen MR) is 138 cm³/mol. The average molecular weight is 505 g/mol. The number of rotatable bonds is 7. The summed E-state index contributed by atoms with van der Waals surface area (Å²) in [5.41, 5.74) is 2.10. The van der Waals surface area contributed by atoms with Crippen LogP contribution in [0.15, 0.2) is 30.7 Å². The smallest absolute Gasteiger partial charge is 0.251 e. The van der Waals surface area contributed by atoms with Gasteiger partial charge < -0.3 is 25.0 Å². The van der Waals surface area contributed by atoms with Crippen LogP contribution in [0.25, 0.3) is 5.69 Å². The van der Waals surface area contributed by atoms with E-state index in [0.29, 0.717) is 42.2 Å². The van der Waals surface area contributed by atoms with Crippen LogP contribution in [0, 0.1) is 0 Å². The molecule has 1 aliphatic carbocycles. The second kappa shape index (κ2) is 9.97. The van der Waals surface area contributed by atoms with Crippen LogP contribution in [0.5, 0.6) is 5.75 Å². The van der Waals surface area contributed by atoms with E-state index in [1.54, 1.807) is 25.6 Å². The Labute approximate surface area is 215 Å². The highest BCUT2D eigenvalue weighted by Crippen LogP contribution is 2.43. The van der Waals surface area contributed by atoms with Crippen molar-refractivity contribution in [1.29, 1.82) is 0 Å². The number of hydrogen-bond donors (Lipinski definition) is 2. The summed E-state index contributed by atoms with van der Waals surface area (Å²) in [6.45, 7) is 3.40. The van der Waals surface area contributed by atoms with E-state index in [1.807, 2.05) is 16.8 Å². The van der Waals surface area contributed by atoms with E-state index in [1.165, 1.54) is 12.8 Å². The van der Waals surface area contributed by atoms with Crippen molar-refractivity contribution in [2.24, 2.45) is 0 Å². The van der Waals surface area contributed by atoms with Crippen LogP contribution < -0.4 is 20.3 Å². The van der Waals surface area contributed by atoms with E-state index in [2.05, 4.69) is 37.6 Å². The SMILES string of the molecule is CCC1c2nncn2-c2cnc(Nc3ccc(C(=O)NC4CCOC4)cc3OC)nc2N1C1CCCC1. The van der Waals surface area contributed by atoms with Crippen LogP contribution in [0.2, 0.25) is 0 Å². The third kappa shape index (κ3) is 4.37. The average Bonchev–Trinajstić information content (AvgIpc) is 3.71. The molecule has 0 radical (unpaired) electrons. The number of carbonyl (C=O) groups is 1. The summed E-state index contributed by atoms with van der Waals surface area (Å²) in [7, 11) is 1.59. The minimum atomic E-state index is -0.145. The maximum atomic E-state index is 12.7. The van der Waals surface area contributed by atoms with Gasteiger partial charge in [-0.2, -0.15) is 4.98 Å². The summed E-state index contributed by atoms with van der Waals surface area (Å²) in [4.78, 5) is 24.7. The summed E-state index contributed by atoms with van der Waals surface area (Å²) in [5, 5.41) is 15.0. The molecular formula is C26H32N8O3. The van der Waals surface area contributed by atoms with Crippen LogP contribution in [-0.2, 0) is 4.74 Å². The molecule has 0 spiro atoms. The number of fused-ring (bicyclic) bond motifs is 3. The first-order chi connectivity index (χ1) is 18.2. The molecule has 6 rings (SSSR count). The van der Waals surface area contributed by atoms with Gasteiger partial charge in [-0.05, 0) is 43.9 Å². The van der Waals surface area contributed by atoms with Crippen molar-refractivity contribution < 1.29 is 14.3 Å². The summed E-state index contributed by atoms with van der Waals surface area (Å²) < 4.78 is 13.0. The van der Waals surface area contributed by atoms with E-state index < -0.39 is 0 Å². The first-order valence-electron chi connectivity index (χ1n) is 13.1. The summed E-state index contributed by atoms with van der Waals surface area (Å²) in [6.07, 6.45) is 10.0. The van der Waals surface area contributed by atoms with Crippen molar-refractivity contribution in [2.45, 2.75) is 63.6 Å². The van der Waals surface area contributed by atoms with E-state index in [9.17, 15) is 4.79 Å². The zero-order chi connectivity index (χ0) is 25.4. The number of nitrogens with one attached hydrogen (secondary N) is 2. The van der Waals surface area contributed by atoms with Crippen molar-refractivity contribution in [2.75, 3.05) is 30.5 Å². The number of carbonyl (C=O) groups excluding carboxylic acids is 1. The van der Waals surface area contributed by atoms with Crippen LogP contribution >= 0.6 is 0 Å². The molecule has 194 valence electrons. The van der Waals surface area contributed by atoms with Gasteiger partial charge >= 0.3 is 0 Å². The molecule has 2 aliphatic heterocycles. The van der Waals surface area contributed by atoms with Crippen LogP contribution in [0.3, 0.4) is 0 Å². The Bertz CT molecular complexity index is 1280. The normalized spacial score (nSPS) is 21.0. The van der Waals surface area contributed by atoms with Crippen molar-refractivity contribution in [3.05, 3.63) is 42.1 Å². The molecule has 1 aromatic carbocycles. The molecule has 1 saturated heterocycles. The van der Waals surface area contributed by atoms with Gasteiger partial charge in [0, 0.05) is 18.2 Å². The third-order valence-electron chi connectivity index (χ3n) is 7.54. The Hall–Kier alpha value is -3.73. The fraction of sp³-hybridized carbons (Fsp3) is 0.500. The van der Waals surface area contributed by atoms with Crippen molar-refractivity contribution in [3.8, 4) is 11.4 Å². The molecule has 37 heavy (non-hydrogen) atoms. The number of benzene rings is 1. The molecule has 1 amide bonds. The monoisotopic (exact) mass is 504 g/mol. The first kappa shape index (κ1) is 23.7. The lowest BCUT2D eigenvalue weighted by Gasteiger charge is -2.40. The molecule has 11 heteroatoms. The third-order valence-corrected chi connectivity index (χ3v) is 7.54. The molecular weight excluding hydrogens is 472 g/mol.